The summed E-state index contributed by atoms with van der Waals surface area (Å²) in [4.78, 5) is 23.2. The molecule has 0 radical (unpaired) electrons. The van der Waals surface area contributed by atoms with Gasteiger partial charge in [-0.05, 0) is 31.5 Å². The van der Waals surface area contributed by atoms with Gasteiger partial charge in [0.2, 0.25) is 0 Å². The van der Waals surface area contributed by atoms with Crippen molar-refractivity contribution in [3.63, 3.8) is 0 Å². The van der Waals surface area contributed by atoms with Gasteiger partial charge in [0, 0.05) is 49.8 Å². The molecule has 3 heterocycles. The second-order valence-electron chi connectivity index (χ2n) is 7.31. The summed E-state index contributed by atoms with van der Waals surface area (Å²) in [7, 11) is 0. The van der Waals surface area contributed by atoms with Gasteiger partial charge in [-0.1, -0.05) is 36.9 Å². The number of benzene rings is 1. The van der Waals surface area contributed by atoms with E-state index in [0.29, 0.717) is 31.9 Å². The lowest BCUT2D eigenvalue weighted by Crippen LogP contribution is -2.51. The zero-order chi connectivity index (χ0) is 21.1. The number of amidine groups is 1. The first-order chi connectivity index (χ1) is 14.6. The molecule has 0 N–H and O–H groups in total. The predicted octanol–water partition coefficient (Wildman–Crippen LogP) is 4.11. The van der Waals surface area contributed by atoms with Crippen LogP contribution < -0.4 is 0 Å². The van der Waals surface area contributed by atoms with Gasteiger partial charge in [-0.25, -0.2) is 4.99 Å². The molecule has 1 aromatic carbocycles. The van der Waals surface area contributed by atoms with E-state index in [9.17, 15) is 4.79 Å². The van der Waals surface area contributed by atoms with Gasteiger partial charge in [0.25, 0.3) is 5.91 Å². The number of furan rings is 1. The Morgan fingerprint density at radius 2 is 1.90 bits per heavy atom. The van der Waals surface area contributed by atoms with E-state index in [4.69, 9.17) is 4.42 Å². The first-order valence-electron chi connectivity index (χ1n) is 10.1. The van der Waals surface area contributed by atoms with E-state index in [-0.39, 0.29) is 5.91 Å². The van der Waals surface area contributed by atoms with Crippen molar-refractivity contribution in [2.45, 2.75) is 13.8 Å². The highest BCUT2D eigenvalue weighted by Crippen LogP contribution is 2.29. The molecule has 1 saturated heterocycles. The lowest BCUT2D eigenvalue weighted by molar-refractivity contribution is 0.0659. The van der Waals surface area contributed by atoms with Crippen molar-refractivity contribution in [2.24, 2.45) is 4.99 Å². The summed E-state index contributed by atoms with van der Waals surface area (Å²) in [6.07, 6.45) is 7.38. The number of piperazine rings is 1. The van der Waals surface area contributed by atoms with Crippen molar-refractivity contribution in [2.75, 3.05) is 26.2 Å². The van der Waals surface area contributed by atoms with E-state index in [1.165, 1.54) is 17.4 Å². The maximum atomic E-state index is 12.5. The van der Waals surface area contributed by atoms with Crippen LogP contribution in [0.25, 0.3) is 5.70 Å². The Balaban J connectivity index is 1.47. The van der Waals surface area contributed by atoms with Crippen LogP contribution in [0.1, 0.15) is 28.6 Å². The van der Waals surface area contributed by atoms with Gasteiger partial charge < -0.3 is 19.1 Å². The minimum absolute atomic E-state index is 0.0682. The van der Waals surface area contributed by atoms with Gasteiger partial charge in [-0.15, -0.1) is 0 Å². The van der Waals surface area contributed by atoms with Crippen LogP contribution in [-0.2, 0) is 0 Å². The molecule has 2 aliphatic heterocycles. The van der Waals surface area contributed by atoms with E-state index in [1.807, 2.05) is 36.4 Å². The first-order valence-corrected chi connectivity index (χ1v) is 10.1. The Morgan fingerprint density at radius 1 is 1.13 bits per heavy atom. The van der Waals surface area contributed by atoms with Crippen LogP contribution in [0.3, 0.4) is 0 Å². The average Bonchev–Trinajstić information content (AvgIpc) is 3.31. The van der Waals surface area contributed by atoms with Crippen LogP contribution in [0.4, 0.5) is 0 Å². The third kappa shape index (κ3) is 3.68. The second kappa shape index (κ2) is 8.45. The van der Waals surface area contributed by atoms with Gasteiger partial charge in [-0.2, -0.15) is 0 Å². The van der Waals surface area contributed by atoms with Crippen LogP contribution in [0, 0.1) is 6.92 Å². The maximum absolute atomic E-state index is 12.5. The monoisotopic (exact) mass is 402 g/mol. The SMILES string of the molecule is C=C1C(N2CCN(C(=O)c3ccco3)CC2)=NC=CN1/C(=C\C)c1ccccc1C. The Hall–Kier alpha value is -3.54. The number of hydrogen-bond acceptors (Lipinski definition) is 5. The van der Waals surface area contributed by atoms with Gasteiger partial charge in [0.05, 0.1) is 12.0 Å². The Morgan fingerprint density at radius 3 is 2.57 bits per heavy atom. The number of carbonyl (C=O) groups excluding carboxylic acids is 1. The van der Waals surface area contributed by atoms with E-state index in [0.717, 1.165) is 17.2 Å². The topological polar surface area (TPSA) is 52.3 Å². The summed E-state index contributed by atoms with van der Waals surface area (Å²) in [6.45, 7) is 11.1. The fourth-order valence-electron chi connectivity index (χ4n) is 3.89. The van der Waals surface area contributed by atoms with Gasteiger partial charge in [0.15, 0.2) is 11.6 Å². The summed E-state index contributed by atoms with van der Waals surface area (Å²) in [6, 6.07) is 11.8. The Bertz CT molecular complexity index is 1030. The fourth-order valence-corrected chi connectivity index (χ4v) is 3.89. The Kier molecular flexibility index (Phi) is 5.57. The van der Waals surface area contributed by atoms with E-state index >= 15 is 0 Å². The molecule has 6 heteroatoms. The molecule has 1 fully saturated rings. The third-order valence-electron chi connectivity index (χ3n) is 5.51. The highest BCUT2D eigenvalue weighted by Gasteiger charge is 2.29. The molecule has 4 rings (SSSR count). The minimum Gasteiger partial charge on any atom is -0.459 e. The lowest BCUT2D eigenvalue weighted by atomic mass is 10.0. The lowest BCUT2D eigenvalue weighted by Gasteiger charge is -2.39. The van der Waals surface area contributed by atoms with E-state index in [2.05, 4.69) is 46.5 Å². The van der Waals surface area contributed by atoms with Crippen molar-refractivity contribution in [1.82, 2.24) is 14.7 Å². The number of aryl methyl sites for hydroxylation is 1. The standard InChI is InChI=1S/C24H26N4O2/c1-4-21(20-9-6-5-8-18(20)2)28-12-11-25-23(19(28)3)26-13-15-27(16-14-26)24(29)22-10-7-17-30-22/h4-12,17H,3,13-16H2,1-2H3/b21-4-. The molecule has 1 amide bonds. The molecule has 1 aromatic heterocycles. The van der Waals surface area contributed by atoms with Crippen LogP contribution in [0.2, 0.25) is 0 Å². The number of aliphatic imine (C=N–C) groups is 1. The molecule has 0 bridgehead atoms. The molecule has 2 aromatic rings. The molecule has 30 heavy (non-hydrogen) atoms. The van der Waals surface area contributed by atoms with Crippen molar-refractivity contribution in [1.29, 1.82) is 0 Å². The van der Waals surface area contributed by atoms with Crippen LogP contribution >= 0.6 is 0 Å². The van der Waals surface area contributed by atoms with E-state index in [1.54, 1.807) is 12.1 Å². The Labute approximate surface area is 177 Å². The molecule has 154 valence electrons. The van der Waals surface area contributed by atoms with Crippen LogP contribution in [0.5, 0.6) is 0 Å². The minimum atomic E-state index is -0.0682. The normalized spacial score (nSPS) is 17.4. The number of nitrogens with zero attached hydrogens (tertiary/aromatic N) is 4. The molecule has 0 unspecified atom stereocenters. The van der Waals surface area contributed by atoms with Crippen molar-refractivity contribution < 1.29 is 9.21 Å². The van der Waals surface area contributed by atoms with Gasteiger partial charge in [-0.3, -0.25) is 4.79 Å². The predicted molar refractivity (Wildman–Crippen MR) is 119 cm³/mol. The molecule has 0 aliphatic carbocycles. The third-order valence-corrected chi connectivity index (χ3v) is 5.51. The smallest absolute Gasteiger partial charge is 0.289 e. The number of carbonyl (C=O) groups is 1. The first kappa shape index (κ1) is 19.8. The second-order valence-corrected chi connectivity index (χ2v) is 7.31. The number of hydrogen-bond donors (Lipinski definition) is 0. The zero-order valence-electron chi connectivity index (χ0n) is 17.4. The van der Waals surface area contributed by atoms with Crippen LogP contribution in [-0.4, -0.2) is 52.6 Å². The quantitative estimate of drug-likeness (QED) is 0.775. The number of amides is 1. The van der Waals surface area contributed by atoms with Crippen LogP contribution in [0.15, 0.2) is 82.8 Å². The molecule has 0 atom stereocenters. The summed E-state index contributed by atoms with van der Waals surface area (Å²) in [5, 5.41) is 0. The highest BCUT2D eigenvalue weighted by atomic mass is 16.3. The average molecular weight is 402 g/mol. The number of rotatable bonds is 3. The summed E-state index contributed by atoms with van der Waals surface area (Å²) >= 11 is 0. The highest BCUT2D eigenvalue weighted by molar-refractivity contribution is 6.00. The summed E-state index contributed by atoms with van der Waals surface area (Å²) in [5.74, 6) is 1.16. The fraction of sp³-hybridized carbons (Fsp3) is 0.250. The zero-order valence-corrected chi connectivity index (χ0v) is 17.4. The van der Waals surface area contributed by atoms with E-state index < -0.39 is 0 Å². The molecule has 6 nitrogen and oxygen atoms in total. The molecule has 0 spiro atoms. The largest absolute Gasteiger partial charge is 0.459 e. The molecular weight excluding hydrogens is 376 g/mol. The summed E-state index contributed by atoms with van der Waals surface area (Å²) < 4.78 is 5.25. The van der Waals surface area contributed by atoms with Gasteiger partial charge in [0.1, 0.15) is 0 Å². The van der Waals surface area contributed by atoms with Gasteiger partial charge >= 0.3 is 0 Å². The molecule has 2 aliphatic rings. The van der Waals surface area contributed by atoms with Crippen molar-refractivity contribution in [3.8, 4) is 0 Å². The molecular formula is C24H26N4O2. The number of allylic oxidation sites excluding steroid dienone is 1. The molecule has 0 saturated carbocycles. The van der Waals surface area contributed by atoms with Crippen molar-refractivity contribution >= 4 is 17.4 Å². The maximum Gasteiger partial charge on any atom is 0.289 e. The summed E-state index contributed by atoms with van der Waals surface area (Å²) in [5.41, 5.74) is 4.29. The van der Waals surface area contributed by atoms with Crippen molar-refractivity contribution in [3.05, 3.63) is 90.3 Å².